The Hall–Kier alpha value is -1.34. The quantitative estimate of drug-likeness (QED) is 0.698. The van der Waals surface area contributed by atoms with Crippen LogP contribution in [-0.2, 0) is 0 Å². The van der Waals surface area contributed by atoms with Crippen LogP contribution < -0.4 is 11.1 Å². The van der Waals surface area contributed by atoms with Gasteiger partial charge in [0.05, 0.1) is 6.61 Å². The van der Waals surface area contributed by atoms with Gasteiger partial charge < -0.3 is 21.1 Å². The van der Waals surface area contributed by atoms with Gasteiger partial charge in [-0.1, -0.05) is 18.3 Å². The van der Waals surface area contributed by atoms with Gasteiger partial charge in [0.2, 0.25) is 0 Å². The van der Waals surface area contributed by atoms with Crippen molar-refractivity contribution in [3.63, 3.8) is 0 Å². The first-order valence-electron chi connectivity index (χ1n) is 6.58. The van der Waals surface area contributed by atoms with Crippen LogP contribution in [0.1, 0.15) is 35.9 Å². The maximum absolute atomic E-state index is 12.3. The fourth-order valence-electron chi connectivity index (χ4n) is 1.80. The third-order valence-corrected chi connectivity index (χ3v) is 3.89. The van der Waals surface area contributed by atoms with Crippen LogP contribution in [0.5, 0.6) is 0 Å². The molecule has 1 aliphatic carbocycles. The molecule has 1 aromatic rings. The lowest BCUT2D eigenvalue weighted by Gasteiger charge is -2.20. The Bertz CT molecular complexity index is 439. The first kappa shape index (κ1) is 14.1. The maximum Gasteiger partial charge on any atom is 0.267 e. The predicted molar refractivity (Wildman–Crippen MR) is 76.5 cm³/mol. The van der Waals surface area contributed by atoms with Crippen molar-refractivity contribution in [3.05, 3.63) is 4.88 Å². The molecule has 1 fully saturated rings. The molecule has 0 saturated heterocycles. The number of amides is 1. The monoisotopic (exact) mass is 284 g/mol. The molecule has 4 N–H and O–H groups in total. The lowest BCUT2D eigenvalue weighted by atomic mass is 10.3. The molecule has 0 aromatic carbocycles. The normalized spacial score (nSPS) is 14.4. The average molecular weight is 284 g/mol. The fourth-order valence-corrected chi connectivity index (χ4v) is 2.73. The third kappa shape index (κ3) is 3.57. The highest BCUT2D eigenvalue weighted by atomic mass is 32.1. The molecule has 1 amide bonds. The van der Waals surface area contributed by atoms with Gasteiger partial charge in [0.25, 0.3) is 5.91 Å². The molecule has 1 aliphatic rings. The van der Waals surface area contributed by atoms with Gasteiger partial charge in [0.15, 0.2) is 5.13 Å². The molecule has 0 spiro atoms. The molecule has 0 bridgehead atoms. The van der Waals surface area contributed by atoms with E-state index in [9.17, 15) is 4.79 Å². The molecule has 0 radical (unpaired) electrons. The minimum Gasteiger partial charge on any atom is -0.395 e. The molecule has 2 rings (SSSR count). The van der Waals surface area contributed by atoms with Crippen LogP contribution in [0.25, 0.3) is 0 Å². The summed E-state index contributed by atoms with van der Waals surface area (Å²) in [5, 5.41) is 13.0. The van der Waals surface area contributed by atoms with Crippen molar-refractivity contribution in [2.75, 3.05) is 30.7 Å². The van der Waals surface area contributed by atoms with E-state index in [2.05, 4.69) is 10.3 Å². The van der Waals surface area contributed by atoms with Crippen molar-refractivity contribution in [1.82, 2.24) is 9.88 Å². The van der Waals surface area contributed by atoms with Crippen LogP contribution in [0.4, 0.5) is 10.9 Å². The summed E-state index contributed by atoms with van der Waals surface area (Å²) in [6.45, 7) is 2.89. The first-order chi connectivity index (χ1) is 9.15. The smallest absolute Gasteiger partial charge is 0.267 e. The van der Waals surface area contributed by atoms with Crippen molar-refractivity contribution < 1.29 is 9.90 Å². The van der Waals surface area contributed by atoms with Crippen molar-refractivity contribution in [3.8, 4) is 0 Å². The Balaban J connectivity index is 2.09. The standard InChI is InChI=1S/C12H20N4O2S/c1-2-5-16(6-7-17)11(18)9-10(13)15-12(19-9)14-8-3-4-8/h8,17H,2-7,13H2,1H3,(H,14,15). The SMILES string of the molecule is CCCN(CCO)C(=O)c1sc(NC2CC2)nc1N. The summed E-state index contributed by atoms with van der Waals surface area (Å²) in [5.41, 5.74) is 5.82. The van der Waals surface area contributed by atoms with Crippen LogP contribution in [-0.4, -0.2) is 46.6 Å². The number of aromatic nitrogens is 1. The van der Waals surface area contributed by atoms with E-state index >= 15 is 0 Å². The van der Waals surface area contributed by atoms with E-state index in [1.54, 1.807) is 4.90 Å². The molecule has 0 aliphatic heterocycles. The second-order valence-electron chi connectivity index (χ2n) is 4.67. The summed E-state index contributed by atoms with van der Waals surface area (Å²) >= 11 is 1.30. The Kier molecular flexibility index (Phi) is 4.60. The third-order valence-electron chi connectivity index (χ3n) is 2.90. The zero-order valence-electron chi connectivity index (χ0n) is 11.1. The number of nitrogen functional groups attached to an aromatic ring is 1. The van der Waals surface area contributed by atoms with E-state index in [1.807, 2.05) is 6.92 Å². The summed E-state index contributed by atoms with van der Waals surface area (Å²) in [4.78, 5) is 18.6. The number of rotatable bonds is 7. The number of nitrogens with one attached hydrogen (secondary N) is 1. The van der Waals surface area contributed by atoms with Crippen molar-refractivity contribution in [2.45, 2.75) is 32.2 Å². The highest BCUT2D eigenvalue weighted by Gasteiger charge is 2.25. The molecule has 6 nitrogen and oxygen atoms in total. The van der Waals surface area contributed by atoms with Crippen molar-refractivity contribution in [1.29, 1.82) is 0 Å². The van der Waals surface area contributed by atoms with Crippen LogP contribution in [0.15, 0.2) is 0 Å². The molecule has 19 heavy (non-hydrogen) atoms. The molecule has 0 atom stereocenters. The van der Waals surface area contributed by atoms with E-state index in [1.165, 1.54) is 11.3 Å². The van der Waals surface area contributed by atoms with Gasteiger partial charge in [0.1, 0.15) is 10.7 Å². The largest absolute Gasteiger partial charge is 0.395 e. The molecule has 1 heterocycles. The summed E-state index contributed by atoms with van der Waals surface area (Å²) in [6, 6.07) is 0.484. The number of aliphatic hydroxyl groups is 1. The number of nitrogens with zero attached hydrogens (tertiary/aromatic N) is 2. The second-order valence-corrected chi connectivity index (χ2v) is 5.67. The maximum atomic E-state index is 12.3. The molecular formula is C12H20N4O2S. The van der Waals surface area contributed by atoms with Crippen LogP contribution in [0, 0.1) is 0 Å². The van der Waals surface area contributed by atoms with Crippen LogP contribution in [0.3, 0.4) is 0 Å². The number of hydrogen-bond acceptors (Lipinski definition) is 6. The van der Waals surface area contributed by atoms with Crippen molar-refractivity contribution >= 4 is 28.2 Å². The van der Waals surface area contributed by atoms with E-state index in [0.717, 1.165) is 19.3 Å². The summed E-state index contributed by atoms with van der Waals surface area (Å²) in [5.74, 6) is 0.131. The molecular weight excluding hydrogens is 264 g/mol. The van der Waals surface area contributed by atoms with Gasteiger partial charge >= 0.3 is 0 Å². The minimum atomic E-state index is -0.144. The van der Waals surface area contributed by atoms with E-state index in [0.29, 0.717) is 29.1 Å². The number of thiazole rings is 1. The van der Waals surface area contributed by atoms with Crippen molar-refractivity contribution in [2.24, 2.45) is 0 Å². The number of hydrogen-bond donors (Lipinski definition) is 3. The van der Waals surface area contributed by atoms with E-state index in [4.69, 9.17) is 10.8 Å². The lowest BCUT2D eigenvalue weighted by Crippen LogP contribution is -2.34. The van der Waals surface area contributed by atoms with Crippen LogP contribution >= 0.6 is 11.3 Å². The molecule has 1 aromatic heterocycles. The number of carbonyl (C=O) groups excluding carboxylic acids is 1. The average Bonchev–Trinajstić information content (AvgIpc) is 3.11. The Morgan fingerprint density at radius 3 is 2.89 bits per heavy atom. The number of nitrogens with two attached hydrogens (primary N) is 1. The lowest BCUT2D eigenvalue weighted by molar-refractivity contribution is 0.0727. The second kappa shape index (κ2) is 6.21. The topological polar surface area (TPSA) is 91.5 Å². The van der Waals surface area contributed by atoms with E-state index < -0.39 is 0 Å². The number of carbonyl (C=O) groups is 1. The number of aliphatic hydroxyl groups excluding tert-OH is 1. The zero-order valence-corrected chi connectivity index (χ0v) is 11.9. The van der Waals surface area contributed by atoms with Crippen LogP contribution in [0.2, 0.25) is 0 Å². The minimum absolute atomic E-state index is 0.0440. The van der Waals surface area contributed by atoms with E-state index in [-0.39, 0.29) is 18.3 Å². The summed E-state index contributed by atoms with van der Waals surface area (Å²) in [6.07, 6.45) is 3.14. The Labute approximate surface area is 116 Å². The van der Waals surface area contributed by atoms with Gasteiger partial charge in [-0.2, -0.15) is 0 Å². The molecule has 7 heteroatoms. The Morgan fingerprint density at radius 1 is 1.58 bits per heavy atom. The highest BCUT2D eigenvalue weighted by Crippen LogP contribution is 2.31. The highest BCUT2D eigenvalue weighted by molar-refractivity contribution is 7.18. The van der Waals surface area contributed by atoms with Gasteiger partial charge in [0, 0.05) is 19.1 Å². The molecule has 0 unspecified atom stereocenters. The molecule has 1 saturated carbocycles. The van der Waals surface area contributed by atoms with Gasteiger partial charge in [-0.15, -0.1) is 0 Å². The Morgan fingerprint density at radius 2 is 2.32 bits per heavy atom. The zero-order chi connectivity index (χ0) is 13.8. The van der Waals surface area contributed by atoms with Gasteiger partial charge in [-0.05, 0) is 19.3 Å². The summed E-state index contributed by atoms with van der Waals surface area (Å²) < 4.78 is 0. The predicted octanol–water partition coefficient (Wildman–Crippen LogP) is 1.14. The van der Waals surface area contributed by atoms with Gasteiger partial charge in [-0.3, -0.25) is 4.79 Å². The molecule has 106 valence electrons. The fraction of sp³-hybridized carbons (Fsp3) is 0.667. The summed E-state index contributed by atoms with van der Waals surface area (Å²) in [7, 11) is 0. The first-order valence-corrected chi connectivity index (χ1v) is 7.40. The van der Waals surface area contributed by atoms with Gasteiger partial charge in [-0.25, -0.2) is 4.98 Å². The number of anilines is 2.